The van der Waals surface area contributed by atoms with E-state index in [1.807, 2.05) is 36.4 Å². The van der Waals surface area contributed by atoms with E-state index in [0.29, 0.717) is 28.2 Å². The zero-order valence-corrected chi connectivity index (χ0v) is 24.9. The molecule has 3 rings (SSSR count). The van der Waals surface area contributed by atoms with Crippen LogP contribution in [-0.4, -0.2) is 11.6 Å². The summed E-state index contributed by atoms with van der Waals surface area (Å²) in [4.78, 5) is 26.7. The third-order valence-corrected chi connectivity index (χ3v) is 8.16. The highest BCUT2D eigenvalue weighted by molar-refractivity contribution is 6.28. The number of carbonyl (C=O) groups excluding carboxylic acids is 2. The molecule has 1 aliphatic rings. The Morgan fingerprint density at radius 3 is 1.61 bits per heavy atom. The molecule has 0 spiro atoms. The van der Waals surface area contributed by atoms with E-state index in [2.05, 4.69) is 47.6 Å². The quantitative estimate of drug-likeness (QED) is 0.189. The lowest BCUT2D eigenvalue weighted by atomic mass is 9.82. The second kappa shape index (κ2) is 14.6. The molecule has 1 aliphatic carbocycles. The first-order valence-corrected chi connectivity index (χ1v) is 15.1. The number of carbonyl (C=O) groups is 2. The molecule has 0 N–H and O–H groups in total. The lowest BCUT2D eigenvalue weighted by molar-refractivity contribution is 0.0979. The van der Waals surface area contributed by atoms with Crippen molar-refractivity contribution in [1.82, 2.24) is 0 Å². The van der Waals surface area contributed by atoms with E-state index in [1.54, 1.807) is 0 Å². The van der Waals surface area contributed by atoms with Crippen molar-refractivity contribution in [2.45, 2.75) is 112 Å². The van der Waals surface area contributed by atoms with Crippen molar-refractivity contribution < 1.29 is 9.59 Å². The third kappa shape index (κ3) is 8.79. The van der Waals surface area contributed by atoms with Crippen LogP contribution in [0.1, 0.15) is 142 Å². The van der Waals surface area contributed by atoms with Crippen molar-refractivity contribution >= 4 is 11.6 Å². The lowest BCUT2D eigenvalue weighted by Gasteiger charge is -2.19. The molecule has 2 unspecified atom stereocenters. The second-order valence-electron chi connectivity index (χ2n) is 12.6. The summed E-state index contributed by atoms with van der Waals surface area (Å²) in [7, 11) is 0. The van der Waals surface area contributed by atoms with Crippen molar-refractivity contribution in [1.29, 1.82) is 0 Å². The number of fused-ring (bicyclic) bond motifs is 2. The fourth-order valence-electron chi connectivity index (χ4n) is 5.68. The first-order valence-electron chi connectivity index (χ1n) is 15.1. The summed E-state index contributed by atoms with van der Waals surface area (Å²) in [5.41, 5.74) is 6.02. The van der Waals surface area contributed by atoms with Crippen LogP contribution in [0.5, 0.6) is 0 Å². The van der Waals surface area contributed by atoms with Crippen molar-refractivity contribution in [3.05, 3.63) is 81.4 Å². The van der Waals surface area contributed by atoms with Crippen LogP contribution in [0.2, 0.25) is 0 Å². The average Bonchev–Trinajstić information content (AvgIpc) is 2.86. The number of aryl methyl sites for hydroxylation is 2. The van der Waals surface area contributed by atoms with Crippen LogP contribution in [0.4, 0.5) is 0 Å². The molecule has 0 aromatic heterocycles. The Labute approximate surface area is 232 Å². The molecule has 0 fully saturated rings. The Morgan fingerprint density at radius 2 is 1.11 bits per heavy atom. The number of rotatable bonds is 15. The van der Waals surface area contributed by atoms with Gasteiger partial charge in [0.2, 0.25) is 0 Å². The van der Waals surface area contributed by atoms with Crippen molar-refractivity contribution in [3.63, 3.8) is 0 Å². The van der Waals surface area contributed by atoms with Gasteiger partial charge in [0.25, 0.3) is 0 Å². The van der Waals surface area contributed by atoms with Gasteiger partial charge in [-0.05, 0) is 93.4 Å². The summed E-state index contributed by atoms with van der Waals surface area (Å²) in [6.45, 7) is 13.6. The number of ketones is 2. The highest BCUT2D eigenvalue weighted by Gasteiger charge is 2.30. The van der Waals surface area contributed by atoms with Gasteiger partial charge in [-0.2, -0.15) is 0 Å². The van der Waals surface area contributed by atoms with Gasteiger partial charge in [0, 0.05) is 22.3 Å². The van der Waals surface area contributed by atoms with Gasteiger partial charge in [0.15, 0.2) is 11.6 Å². The topological polar surface area (TPSA) is 34.1 Å². The summed E-state index contributed by atoms with van der Waals surface area (Å²) < 4.78 is 0. The van der Waals surface area contributed by atoms with Gasteiger partial charge in [0.05, 0.1) is 0 Å². The number of allylic oxidation sites excluding steroid dienone is 2. The largest absolute Gasteiger partial charge is 0.289 e. The first kappa shape index (κ1) is 30.1. The second-order valence-corrected chi connectivity index (χ2v) is 12.6. The molecule has 0 saturated heterocycles. The van der Waals surface area contributed by atoms with Crippen molar-refractivity contribution in [2.24, 2.45) is 17.8 Å². The maximum atomic E-state index is 13.5. The summed E-state index contributed by atoms with van der Waals surface area (Å²) >= 11 is 0. The highest BCUT2D eigenvalue weighted by atomic mass is 16.1. The van der Waals surface area contributed by atoms with Crippen LogP contribution in [0.25, 0.3) is 0 Å². The Kier molecular flexibility index (Phi) is 11.6. The zero-order valence-electron chi connectivity index (χ0n) is 24.9. The Balaban J connectivity index is 1.58. The maximum absolute atomic E-state index is 13.5. The van der Waals surface area contributed by atoms with E-state index >= 15 is 0 Å². The molecule has 2 aromatic carbocycles. The molecular weight excluding hydrogens is 464 g/mol. The standard InChI is InChI=1S/C36H50O2/c1-25(2)11-7-13-27(5)15-9-17-29-19-21-31-33(23-29)36(38)34-24-30(20-22-32(34)35(31)37)18-10-16-28(6)14-8-12-26(3)4/h11,19-24,26-28H,7-10,12-18H2,1-6H3. The average molecular weight is 515 g/mol. The van der Waals surface area contributed by atoms with E-state index < -0.39 is 0 Å². The monoisotopic (exact) mass is 514 g/mol. The molecule has 0 amide bonds. The van der Waals surface area contributed by atoms with E-state index in [4.69, 9.17) is 0 Å². The van der Waals surface area contributed by atoms with Gasteiger partial charge >= 0.3 is 0 Å². The van der Waals surface area contributed by atoms with Crippen LogP contribution >= 0.6 is 0 Å². The van der Waals surface area contributed by atoms with Gasteiger partial charge in [0.1, 0.15) is 0 Å². The molecule has 0 saturated carbocycles. The smallest absolute Gasteiger partial charge is 0.194 e. The van der Waals surface area contributed by atoms with E-state index in [0.717, 1.165) is 49.5 Å². The van der Waals surface area contributed by atoms with Gasteiger partial charge in [-0.25, -0.2) is 0 Å². The first-order chi connectivity index (χ1) is 18.2. The number of benzene rings is 2. The molecule has 0 bridgehead atoms. The minimum Gasteiger partial charge on any atom is -0.289 e. The van der Waals surface area contributed by atoms with Crippen LogP contribution < -0.4 is 0 Å². The molecule has 206 valence electrons. The van der Waals surface area contributed by atoms with Crippen LogP contribution in [0.3, 0.4) is 0 Å². The van der Waals surface area contributed by atoms with Gasteiger partial charge < -0.3 is 0 Å². The SMILES string of the molecule is CC(C)=CCCC(C)CCCc1ccc2c(c1)C(=O)c1cc(CCCC(C)CCCC(C)C)ccc1C2=O. The van der Waals surface area contributed by atoms with E-state index in [1.165, 1.54) is 49.7 Å². The molecule has 2 aromatic rings. The summed E-state index contributed by atoms with van der Waals surface area (Å²) in [6.07, 6.45) is 15.1. The van der Waals surface area contributed by atoms with Crippen LogP contribution in [0.15, 0.2) is 48.0 Å². The molecular formula is C36H50O2. The van der Waals surface area contributed by atoms with E-state index in [9.17, 15) is 9.59 Å². The number of hydrogen-bond donors (Lipinski definition) is 0. The predicted molar refractivity (Wildman–Crippen MR) is 161 cm³/mol. The third-order valence-electron chi connectivity index (χ3n) is 8.16. The summed E-state index contributed by atoms with van der Waals surface area (Å²) in [5.74, 6) is 2.21. The van der Waals surface area contributed by atoms with E-state index in [-0.39, 0.29) is 11.6 Å². The zero-order chi connectivity index (χ0) is 27.7. The van der Waals surface area contributed by atoms with Crippen molar-refractivity contribution in [3.8, 4) is 0 Å². The molecule has 2 heteroatoms. The molecule has 38 heavy (non-hydrogen) atoms. The van der Waals surface area contributed by atoms with Crippen LogP contribution in [-0.2, 0) is 12.8 Å². The normalized spacial score (nSPS) is 14.3. The minimum absolute atomic E-state index is 0.00967. The predicted octanol–water partition coefficient (Wildman–Crippen LogP) is 9.95. The highest BCUT2D eigenvalue weighted by Crippen LogP contribution is 2.30. The van der Waals surface area contributed by atoms with Gasteiger partial charge in [-0.15, -0.1) is 0 Å². The van der Waals surface area contributed by atoms with Gasteiger partial charge in [-0.3, -0.25) is 9.59 Å². The van der Waals surface area contributed by atoms with Crippen molar-refractivity contribution in [2.75, 3.05) is 0 Å². The Bertz CT molecular complexity index is 1120. The summed E-state index contributed by atoms with van der Waals surface area (Å²) in [5, 5.41) is 0. The maximum Gasteiger partial charge on any atom is 0.194 e. The fraction of sp³-hybridized carbons (Fsp3) is 0.556. The van der Waals surface area contributed by atoms with Crippen LogP contribution in [0, 0.1) is 17.8 Å². The molecule has 0 aliphatic heterocycles. The Hall–Kier alpha value is -2.48. The molecule has 0 heterocycles. The minimum atomic E-state index is -0.0145. The van der Waals surface area contributed by atoms with Gasteiger partial charge in [-0.1, -0.05) is 95.7 Å². The summed E-state index contributed by atoms with van der Waals surface area (Å²) in [6, 6.07) is 11.8. The molecule has 0 radical (unpaired) electrons. The lowest BCUT2D eigenvalue weighted by Crippen LogP contribution is -2.21. The molecule has 2 nitrogen and oxygen atoms in total. The fourth-order valence-corrected chi connectivity index (χ4v) is 5.68. The number of hydrogen-bond acceptors (Lipinski definition) is 2. The Morgan fingerprint density at radius 1 is 0.632 bits per heavy atom. The molecule has 2 atom stereocenters.